The first kappa shape index (κ1) is 19.5. The van der Waals surface area contributed by atoms with E-state index in [0.717, 1.165) is 21.9 Å². The van der Waals surface area contributed by atoms with Crippen molar-refractivity contribution in [3.8, 4) is 10.7 Å². The molecular formula is C17H18N6OS3. The van der Waals surface area contributed by atoms with Crippen LogP contribution in [0.2, 0.25) is 0 Å². The van der Waals surface area contributed by atoms with Crippen LogP contribution in [0.15, 0.2) is 37.2 Å². The molecule has 0 atom stereocenters. The first-order valence-corrected chi connectivity index (χ1v) is 10.5. The summed E-state index contributed by atoms with van der Waals surface area (Å²) in [6, 6.07) is 3.88. The highest BCUT2D eigenvalue weighted by Gasteiger charge is 2.17. The number of anilines is 1. The van der Waals surface area contributed by atoms with Crippen LogP contribution < -0.4 is 5.32 Å². The number of rotatable bonds is 8. The fourth-order valence-electron chi connectivity index (χ4n) is 2.35. The molecule has 0 fully saturated rings. The van der Waals surface area contributed by atoms with E-state index >= 15 is 0 Å². The highest BCUT2D eigenvalue weighted by molar-refractivity contribution is 7.99. The van der Waals surface area contributed by atoms with Gasteiger partial charge in [-0.1, -0.05) is 23.5 Å². The number of pyridine rings is 1. The Morgan fingerprint density at radius 1 is 1.56 bits per heavy atom. The normalized spacial score (nSPS) is 10.7. The number of carbonyl (C=O) groups is 1. The van der Waals surface area contributed by atoms with Crippen LogP contribution in [0.1, 0.15) is 11.3 Å². The number of thiazole rings is 1. The molecule has 1 amide bonds. The van der Waals surface area contributed by atoms with Gasteiger partial charge in [-0.3, -0.25) is 19.4 Å². The van der Waals surface area contributed by atoms with Crippen molar-refractivity contribution in [3.63, 3.8) is 0 Å². The minimum atomic E-state index is -0.0888. The van der Waals surface area contributed by atoms with Crippen molar-refractivity contribution in [1.82, 2.24) is 24.7 Å². The molecular weight excluding hydrogens is 400 g/mol. The van der Waals surface area contributed by atoms with Gasteiger partial charge in [-0.2, -0.15) is 5.10 Å². The molecule has 0 saturated heterocycles. The quantitative estimate of drug-likeness (QED) is 0.427. The monoisotopic (exact) mass is 418 g/mol. The summed E-state index contributed by atoms with van der Waals surface area (Å²) in [4.78, 5) is 21.6. The number of hydrogen-bond acceptors (Lipinski definition) is 7. The number of nitrogens with one attached hydrogen (secondary N) is 2. The van der Waals surface area contributed by atoms with Gasteiger partial charge in [0.05, 0.1) is 16.3 Å². The lowest BCUT2D eigenvalue weighted by Gasteiger charge is -2.02. The van der Waals surface area contributed by atoms with Gasteiger partial charge in [-0.25, -0.2) is 4.98 Å². The number of aryl methyl sites for hydroxylation is 1. The topological polar surface area (TPSA) is 88.5 Å². The molecule has 140 valence electrons. The summed E-state index contributed by atoms with van der Waals surface area (Å²) in [7, 11) is 0. The Balaban J connectivity index is 1.63. The summed E-state index contributed by atoms with van der Waals surface area (Å²) >= 11 is 8.16. The maximum atomic E-state index is 12.2. The molecule has 10 heteroatoms. The Bertz CT molecular complexity index is 992. The molecule has 0 bridgehead atoms. The van der Waals surface area contributed by atoms with E-state index in [0.29, 0.717) is 28.0 Å². The molecule has 0 spiro atoms. The minimum absolute atomic E-state index is 0.0888. The number of hydrogen-bond donors (Lipinski definition) is 2. The molecule has 3 aromatic rings. The number of H-pyrrole nitrogens is 1. The molecule has 0 saturated carbocycles. The van der Waals surface area contributed by atoms with Crippen LogP contribution in [-0.4, -0.2) is 36.4 Å². The van der Waals surface area contributed by atoms with Gasteiger partial charge in [0, 0.05) is 24.7 Å². The van der Waals surface area contributed by atoms with Gasteiger partial charge in [0.2, 0.25) is 5.91 Å². The second-order valence-corrected chi connectivity index (χ2v) is 7.96. The maximum absolute atomic E-state index is 12.2. The third-order valence-electron chi connectivity index (χ3n) is 3.54. The van der Waals surface area contributed by atoms with Crippen LogP contribution in [0.5, 0.6) is 0 Å². The molecule has 7 nitrogen and oxygen atoms in total. The van der Waals surface area contributed by atoms with Crippen molar-refractivity contribution in [2.75, 3.05) is 11.1 Å². The molecule has 0 aliphatic rings. The van der Waals surface area contributed by atoms with E-state index in [2.05, 4.69) is 32.1 Å². The zero-order valence-electron chi connectivity index (χ0n) is 14.6. The van der Waals surface area contributed by atoms with E-state index in [1.165, 1.54) is 23.1 Å². The molecule has 0 radical (unpaired) electrons. The first-order valence-electron chi connectivity index (χ1n) is 8.09. The van der Waals surface area contributed by atoms with Gasteiger partial charge in [0.25, 0.3) is 0 Å². The molecule has 27 heavy (non-hydrogen) atoms. The molecule has 3 heterocycles. The van der Waals surface area contributed by atoms with Crippen molar-refractivity contribution < 1.29 is 4.79 Å². The van der Waals surface area contributed by atoms with Gasteiger partial charge in [0.1, 0.15) is 0 Å². The Hall–Kier alpha value is -2.30. The largest absolute Gasteiger partial charge is 0.301 e. The Morgan fingerprint density at radius 3 is 3.15 bits per heavy atom. The lowest BCUT2D eigenvalue weighted by Crippen LogP contribution is -2.13. The molecule has 0 unspecified atom stereocenters. The molecule has 2 N–H and O–H groups in total. The molecule has 0 aromatic carbocycles. The van der Waals surface area contributed by atoms with E-state index in [9.17, 15) is 4.79 Å². The zero-order chi connectivity index (χ0) is 19.2. The van der Waals surface area contributed by atoms with Crippen LogP contribution >= 0.6 is 35.3 Å². The van der Waals surface area contributed by atoms with Crippen LogP contribution in [0.25, 0.3) is 10.7 Å². The predicted octanol–water partition coefficient (Wildman–Crippen LogP) is 3.83. The number of thioether (sulfide) groups is 1. The van der Waals surface area contributed by atoms with Crippen LogP contribution in [0, 0.1) is 11.7 Å². The molecule has 3 rings (SSSR count). The number of aromatic amines is 1. The summed E-state index contributed by atoms with van der Waals surface area (Å²) in [5, 5.41) is 10.5. The third kappa shape index (κ3) is 4.90. The fourth-order valence-corrected chi connectivity index (χ4v) is 4.30. The van der Waals surface area contributed by atoms with Crippen molar-refractivity contribution in [1.29, 1.82) is 0 Å². The lowest BCUT2D eigenvalue weighted by molar-refractivity contribution is -0.113. The van der Waals surface area contributed by atoms with Gasteiger partial charge < -0.3 is 5.32 Å². The van der Waals surface area contributed by atoms with Crippen molar-refractivity contribution >= 4 is 46.4 Å². The SMILES string of the molecule is C=CCn1c(-c2sc(NC(=O)CSCc3cccnc3)nc2C)n[nH]c1=S. The predicted molar refractivity (Wildman–Crippen MR) is 112 cm³/mol. The maximum Gasteiger partial charge on any atom is 0.236 e. The molecule has 0 aliphatic carbocycles. The molecule has 0 aliphatic heterocycles. The fraction of sp³-hybridized carbons (Fsp3) is 0.235. The standard InChI is InChI=1S/C17H18N6OS3/c1-3-7-23-15(21-22-17(23)25)14-11(2)19-16(27-14)20-13(24)10-26-9-12-5-4-6-18-8-12/h3-6,8H,1,7,9-10H2,2H3,(H,22,25)(H,19,20,24). The summed E-state index contributed by atoms with van der Waals surface area (Å²) in [6.45, 7) is 6.18. The minimum Gasteiger partial charge on any atom is -0.301 e. The number of aromatic nitrogens is 5. The van der Waals surface area contributed by atoms with E-state index in [4.69, 9.17) is 12.2 Å². The van der Waals surface area contributed by atoms with Crippen molar-refractivity contribution in [3.05, 3.63) is 53.2 Å². The zero-order valence-corrected chi connectivity index (χ0v) is 17.1. The highest BCUT2D eigenvalue weighted by atomic mass is 32.2. The van der Waals surface area contributed by atoms with Crippen LogP contribution in [0.4, 0.5) is 5.13 Å². The van der Waals surface area contributed by atoms with E-state index < -0.39 is 0 Å². The van der Waals surface area contributed by atoms with Crippen molar-refractivity contribution in [2.45, 2.75) is 19.2 Å². The lowest BCUT2D eigenvalue weighted by atomic mass is 10.3. The summed E-state index contributed by atoms with van der Waals surface area (Å²) in [6.07, 6.45) is 5.29. The first-order chi connectivity index (χ1) is 13.1. The van der Waals surface area contributed by atoms with Gasteiger partial charge in [0.15, 0.2) is 15.7 Å². The summed E-state index contributed by atoms with van der Waals surface area (Å²) in [5.74, 6) is 1.69. The van der Waals surface area contributed by atoms with Gasteiger partial charge >= 0.3 is 0 Å². The van der Waals surface area contributed by atoms with E-state index in [1.807, 2.05) is 23.6 Å². The average molecular weight is 419 g/mol. The van der Waals surface area contributed by atoms with E-state index in [1.54, 1.807) is 18.5 Å². The van der Waals surface area contributed by atoms with Crippen LogP contribution in [0.3, 0.4) is 0 Å². The van der Waals surface area contributed by atoms with E-state index in [-0.39, 0.29) is 5.91 Å². The number of amides is 1. The number of allylic oxidation sites excluding steroid dienone is 1. The van der Waals surface area contributed by atoms with Gasteiger partial charge in [-0.15, -0.1) is 18.3 Å². The third-order valence-corrected chi connectivity index (χ3v) is 5.92. The molecule has 3 aromatic heterocycles. The average Bonchev–Trinajstić information content (AvgIpc) is 3.19. The van der Waals surface area contributed by atoms with Crippen LogP contribution in [-0.2, 0) is 17.1 Å². The number of nitrogens with zero attached hydrogens (tertiary/aromatic N) is 4. The number of carbonyl (C=O) groups excluding carboxylic acids is 1. The summed E-state index contributed by atoms with van der Waals surface area (Å²) < 4.78 is 2.37. The van der Waals surface area contributed by atoms with Gasteiger partial charge in [-0.05, 0) is 30.8 Å². The Morgan fingerprint density at radius 2 is 2.41 bits per heavy atom. The second kappa shape index (κ2) is 9.07. The Kier molecular flexibility index (Phi) is 6.54. The smallest absolute Gasteiger partial charge is 0.236 e. The summed E-state index contributed by atoms with van der Waals surface area (Å²) in [5.41, 5.74) is 1.88. The Labute approximate surface area is 170 Å². The second-order valence-electron chi connectivity index (χ2n) is 5.59. The van der Waals surface area contributed by atoms with Crippen molar-refractivity contribution in [2.24, 2.45) is 0 Å². The highest BCUT2D eigenvalue weighted by Crippen LogP contribution is 2.31.